The van der Waals surface area contributed by atoms with Gasteiger partial charge in [-0.15, -0.1) is 11.3 Å². The molecule has 0 atom stereocenters. The van der Waals surface area contributed by atoms with Crippen LogP contribution in [0, 0.1) is 5.92 Å². The Morgan fingerprint density at radius 1 is 1.30 bits per heavy atom. The molecule has 9 heteroatoms. The fourth-order valence-electron chi connectivity index (χ4n) is 3.46. The number of hydrogen-bond acceptors (Lipinski definition) is 6. The normalized spacial score (nSPS) is 19.3. The molecule has 2 aliphatic heterocycles. The first-order valence-electron chi connectivity index (χ1n) is 9.52. The van der Waals surface area contributed by atoms with E-state index in [2.05, 4.69) is 25.6 Å². The summed E-state index contributed by atoms with van der Waals surface area (Å²) in [7, 11) is 5.80. The van der Waals surface area contributed by atoms with E-state index in [4.69, 9.17) is 4.74 Å². The third-order valence-electron chi connectivity index (χ3n) is 5.03. The number of amides is 1. The first kappa shape index (κ1) is 19.9. The van der Waals surface area contributed by atoms with Gasteiger partial charge in [-0.05, 0) is 12.8 Å². The number of aliphatic imine (C=N–C) groups is 1. The first-order chi connectivity index (χ1) is 13.1. The van der Waals surface area contributed by atoms with Gasteiger partial charge in [0.25, 0.3) is 0 Å². The molecule has 3 rings (SSSR count). The second-order valence-corrected chi connectivity index (χ2v) is 7.95. The van der Waals surface area contributed by atoms with Gasteiger partial charge in [0.1, 0.15) is 0 Å². The molecule has 3 heterocycles. The van der Waals surface area contributed by atoms with E-state index >= 15 is 0 Å². The van der Waals surface area contributed by atoms with Crippen LogP contribution in [-0.4, -0.2) is 87.2 Å². The smallest absolute Gasteiger partial charge is 0.225 e. The summed E-state index contributed by atoms with van der Waals surface area (Å²) in [5.74, 6) is 1.30. The standard InChI is InChI=1S/C18H30N6O2S/c1-19-17(20-12-15-13-27-18(21-15)22(2)3)24-6-4-14(5-7-24)16(25)23-8-10-26-11-9-23/h13-14H,4-12H2,1-3H3,(H,19,20). The van der Waals surface area contributed by atoms with E-state index in [1.54, 1.807) is 18.4 Å². The maximum atomic E-state index is 12.7. The second kappa shape index (κ2) is 9.36. The second-order valence-electron chi connectivity index (χ2n) is 7.12. The summed E-state index contributed by atoms with van der Waals surface area (Å²) in [6.45, 7) is 5.13. The van der Waals surface area contributed by atoms with Gasteiger partial charge in [0.2, 0.25) is 5.91 Å². The minimum absolute atomic E-state index is 0.124. The summed E-state index contributed by atoms with van der Waals surface area (Å²) in [6.07, 6.45) is 1.75. The van der Waals surface area contributed by atoms with Gasteiger partial charge in [0.15, 0.2) is 11.1 Å². The highest BCUT2D eigenvalue weighted by Gasteiger charge is 2.30. The zero-order valence-electron chi connectivity index (χ0n) is 16.5. The van der Waals surface area contributed by atoms with Crippen molar-refractivity contribution in [3.63, 3.8) is 0 Å². The van der Waals surface area contributed by atoms with Gasteiger partial charge in [-0.1, -0.05) is 0 Å². The van der Waals surface area contributed by atoms with Gasteiger partial charge in [0.05, 0.1) is 25.5 Å². The van der Waals surface area contributed by atoms with Gasteiger partial charge >= 0.3 is 0 Å². The fraction of sp³-hybridized carbons (Fsp3) is 0.722. The van der Waals surface area contributed by atoms with Crippen LogP contribution in [0.25, 0.3) is 0 Å². The molecule has 2 aliphatic rings. The molecule has 1 aromatic heterocycles. The summed E-state index contributed by atoms with van der Waals surface area (Å²) in [6, 6.07) is 0. The highest BCUT2D eigenvalue weighted by Crippen LogP contribution is 2.21. The zero-order valence-corrected chi connectivity index (χ0v) is 17.3. The molecule has 8 nitrogen and oxygen atoms in total. The van der Waals surface area contributed by atoms with E-state index in [-0.39, 0.29) is 5.92 Å². The molecule has 150 valence electrons. The summed E-state index contributed by atoms with van der Waals surface area (Å²) in [5.41, 5.74) is 1.02. The SMILES string of the molecule is CN=C(NCc1csc(N(C)C)n1)N1CCC(C(=O)N2CCOCC2)CC1. The maximum absolute atomic E-state index is 12.7. The molecule has 0 aromatic carbocycles. The Hall–Kier alpha value is -1.87. The lowest BCUT2D eigenvalue weighted by Gasteiger charge is -2.36. The lowest BCUT2D eigenvalue weighted by atomic mass is 9.95. The fourth-order valence-corrected chi connectivity index (χ4v) is 4.22. The van der Waals surface area contributed by atoms with Crippen molar-refractivity contribution in [2.24, 2.45) is 10.9 Å². The van der Waals surface area contributed by atoms with Crippen LogP contribution in [0.1, 0.15) is 18.5 Å². The minimum Gasteiger partial charge on any atom is -0.378 e. The van der Waals surface area contributed by atoms with Crippen LogP contribution in [0.2, 0.25) is 0 Å². The van der Waals surface area contributed by atoms with Gasteiger partial charge in [-0.2, -0.15) is 0 Å². The van der Waals surface area contributed by atoms with Gasteiger partial charge in [-0.3, -0.25) is 9.79 Å². The van der Waals surface area contributed by atoms with Crippen molar-refractivity contribution in [3.8, 4) is 0 Å². The largest absolute Gasteiger partial charge is 0.378 e. The summed E-state index contributed by atoms with van der Waals surface area (Å²) in [5, 5.41) is 6.48. The Morgan fingerprint density at radius 3 is 2.59 bits per heavy atom. The Bertz CT molecular complexity index is 648. The van der Waals surface area contributed by atoms with Crippen LogP contribution in [0.4, 0.5) is 5.13 Å². The number of nitrogens with zero attached hydrogens (tertiary/aromatic N) is 5. The Morgan fingerprint density at radius 2 is 2.00 bits per heavy atom. The highest BCUT2D eigenvalue weighted by molar-refractivity contribution is 7.13. The van der Waals surface area contributed by atoms with Crippen molar-refractivity contribution < 1.29 is 9.53 Å². The van der Waals surface area contributed by atoms with Crippen LogP contribution in [0.5, 0.6) is 0 Å². The molecule has 1 N–H and O–H groups in total. The summed E-state index contributed by atoms with van der Waals surface area (Å²) in [4.78, 5) is 27.9. The number of piperidine rings is 1. The zero-order chi connectivity index (χ0) is 19.2. The number of carbonyl (C=O) groups is 1. The third kappa shape index (κ3) is 5.10. The highest BCUT2D eigenvalue weighted by atomic mass is 32.1. The van der Waals surface area contributed by atoms with Gasteiger partial charge < -0.3 is 24.8 Å². The van der Waals surface area contributed by atoms with E-state index in [1.165, 1.54) is 0 Å². The molecule has 27 heavy (non-hydrogen) atoms. The lowest BCUT2D eigenvalue weighted by molar-refractivity contribution is -0.140. The number of likely N-dealkylation sites (tertiary alicyclic amines) is 1. The number of nitrogens with one attached hydrogen (secondary N) is 1. The van der Waals surface area contributed by atoms with Crippen molar-refractivity contribution in [3.05, 3.63) is 11.1 Å². The summed E-state index contributed by atoms with van der Waals surface area (Å²) < 4.78 is 5.35. The van der Waals surface area contributed by atoms with Crippen molar-refractivity contribution in [1.82, 2.24) is 20.1 Å². The average molecular weight is 395 g/mol. The predicted molar refractivity (Wildman–Crippen MR) is 108 cm³/mol. The van der Waals surface area contributed by atoms with Crippen LogP contribution in [0.15, 0.2) is 10.4 Å². The Balaban J connectivity index is 1.47. The third-order valence-corrected chi connectivity index (χ3v) is 6.09. The van der Waals surface area contributed by atoms with Crippen LogP contribution >= 0.6 is 11.3 Å². The first-order valence-corrected chi connectivity index (χ1v) is 10.4. The van der Waals surface area contributed by atoms with E-state index in [0.29, 0.717) is 25.7 Å². The molecule has 1 aromatic rings. The quantitative estimate of drug-likeness (QED) is 0.603. The minimum atomic E-state index is 0.124. The topological polar surface area (TPSA) is 73.3 Å². The molecule has 0 saturated carbocycles. The van der Waals surface area contributed by atoms with Crippen molar-refractivity contribution in [2.45, 2.75) is 19.4 Å². The van der Waals surface area contributed by atoms with Crippen LogP contribution in [0.3, 0.4) is 0 Å². The number of morpholine rings is 1. The van der Waals surface area contributed by atoms with E-state index in [0.717, 1.165) is 55.8 Å². The number of ether oxygens (including phenoxy) is 1. The Kier molecular flexibility index (Phi) is 6.89. The molecule has 0 bridgehead atoms. The number of carbonyl (C=O) groups excluding carboxylic acids is 1. The molecule has 0 spiro atoms. The number of thiazole rings is 1. The Labute approximate surface area is 165 Å². The lowest BCUT2D eigenvalue weighted by Crippen LogP contribution is -2.49. The summed E-state index contributed by atoms with van der Waals surface area (Å²) >= 11 is 1.64. The number of rotatable bonds is 4. The number of hydrogen-bond donors (Lipinski definition) is 1. The average Bonchev–Trinajstić information content (AvgIpc) is 3.18. The van der Waals surface area contributed by atoms with Crippen molar-refractivity contribution >= 4 is 28.3 Å². The molecule has 0 radical (unpaired) electrons. The number of guanidine groups is 1. The molecular weight excluding hydrogens is 364 g/mol. The van der Waals surface area contributed by atoms with Crippen molar-refractivity contribution in [2.75, 3.05) is 65.4 Å². The molecule has 0 aliphatic carbocycles. The van der Waals surface area contributed by atoms with E-state index in [1.807, 2.05) is 23.9 Å². The van der Waals surface area contributed by atoms with Gasteiger partial charge in [-0.25, -0.2) is 4.98 Å². The number of aromatic nitrogens is 1. The number of anilines is 1. The van der Waals surface area contributed by atoms with Crippen LogP contribution < -0.4 is 10.2 Å². The predicted octanol–water partition coefficient (Wildman–Crippen LogP) is 0.855. The molecular formula is C18H30N6O2S. The van der Waals surface area contributed by atoms with Gasteiger partial charge in [0, 0.05) is 58.6 Å². The molecule has 1 amide bonds. The van der Waals surface area contributed by atoms with E-state index in [9.17, 15) is 4.79 Å². The maximum Gasteiger partial charge on any atom is 0.225 e. The van der Waals surface area contributed by atoms with Crippen LogP contribution in [-0.2, 0) is 16.1 Å². The molecule has 0 unspecified atom stereocenters. The monoisotopic (exact) mass is 394 g/mol. The molecule has 2 saturated heterocycles. The van der Waals surface area contributed by atoms with Crippen molar-refractivity contribution in [1.29, 1.82) is 0 Å². The van der Waals surface area contributed by atoms with E-state index < -0.39 is 0 Å². The molecule has 2 fully saturated rings.